The monoisotopic (exact) mass is 395 g/mol. The summed E-state index contributed by atoms with van der Waals surface area (Å²) < 4.78 is 16.8. The lowest BCUT2D eigenvalue weighted by molar-refractivity contribution is -0.112. The fourth-order valence-corrected chi connectivity index (χ4v) is 3.97. The number of amides is 1. The van der Waals surface area contributed by atoms with Crippen molar-refractivity contribution in [3.8, 4) is 17.2 Å². The van der Waals surface area contributed by atoms with Crippen LogP contribution in [0.2, 0.25) is 0 Å². The summed E-state index contributed by atoms with van der Waals surface area (Å²) in [6.45, 7) is 4.08. The van der Waals surface area contributed by atoms with Gasteiger partial charge in [-0.1, -0.05) is 6.07 Å². The SMILES string of the molecule is CCOc1ccc(C(=O)N2CCC(C=O)CC2c2ccc3c(c2)OCCO3)cc1. The molecule has 2 aromatic carbocycles. The first-order chi connectivity index (χ1) is 14.2. The fourth-order valence-electron chi connectivity index (χ4n) is 3.97. The Morgan fingerprint density at radius 1 is 1.14 bits per heavy atom. The molecule has 0 spiro atoms. The van der Waals surface area contributed by atoms with Gasteiger partial charge in [0.25, 0.3) is 5.91 Å². The predicted octanol–water partition coefficient (Wildman–Crippen LogP) is 3.65. The van der Waals surface area contributed by atoms with E-state index < -0.39 is 0 Å². The summed E-state index contributed by atoms with van der Waals surface area (Å²) in [4.78, 5) is 26.6. The molecule has 1 saturated heterocycles. The number of nitrogens with zero attached hydrogens (tertiary/aromatic N) is 1. The molecule has 6 heteroatoms. The molecule has 0 aromatic heterocycles. The lowest BCUT2D eigenvalue weighted by atomic mass is 9.87. The van der Waals surface area contributed by atoms with Gasteiger partial charge in [0.05, 0.1) is 12.6 Å². The van der Waals surface area contributed by atoms with E-state index in [2.05, 4.69) is 0 Å². The smallest absolute Gasteiger partial charge is 0.254 e. The Hall–Kier alpha value is -3.02. The van der Waals surface area contributed by atoms with Crippen LogP contribution in [0, 0.1) is 5.92 Å². The number of rotatable bonds is 5. The number of fused-ring (bicyclic) bond motifs is 1. The minimum Gasteiger partial charge on any atom is -0.494 e. The number of piperidine rings is 1. The maximum Gasteiger partial charge on any atom is 0.254 e. The molecule has 2 unspecified atom stereocenters. The molecule has 4 rings (SSSR count). The molecule has 2 aromatic rings. The van der Waals surface area contributed by atoms with Gasteiger partial charge in [0.15, 0.2) is 11.5 Å². The summed E-state index contributed by atoms with van der Waals surface area (Å²) in [5.74, 6) is 2.05. The van der Waals surface area contributed by atoms with Crippen molar-refractivity contribution >= 4 is 12.2 Å². The molecule has 29 heavy (non-hydrogen) atoms. The lowest BCUT2D eigenvalue weighted by Crippen LogP contribution is -2.41. The third kappa shape index (κ3) is 4.06. The second-order valence-electron chi connectivity index (χ2n) is 7.30. The molecule has 152 valence electrons. The number of benzene rings is 2. The van der Waals surface area contributed by atoms with Crippen molar-refractivity contribution in [1.82, 2.24) is 4.90 Å². The first-order valence-electron chi connectivity index (χ1n) is 10.1. The predicted molar refractivity (Wildman–Crippen MR) is 108 cm³/mol. The van der Waals surface area contributed by atoms with Crippen LogP contribution in [0.3, 0.4) is 0 Å². The van der Waals surface area contributed by atoms with E-state index in [1.807, 2.05) is 42.2 Å². The maximum absolute atomic E-state index is 13.3. The van der Waals surface area contributed by atoms with Crippen LogP contribution in [0.4, 0.5) is 0 Å². The number of likely N-dealkylation sites (tertiary alicyclic amines) is 1. The summed E-state index contributed by atoms with van der Waals surface area (Å²) in [5.41, 5.74) is 1.57. The highest BCUT2D eigenvalue weighted by Gasteiger charge is 2.33. The summed E-state index contributed by atoms with van der Waals surface area (Å²) in [6.07, 6.45) is 2.28. The van der Waals surface area contributed by atoms with Gasteiger partial charge in [-0.05, 0) is 61.7 Å². The Morgan fingerprint density at radius 3 is 2.62 bits per heavy atom. The molecule has 1 fully saturated rings. The molecular formula is C23H25NO5. The second-order valence-corrected chi connectivity index (χ2v) is 7.30. The molecule has 0 aliphatic carbocycles. The Morgan fingerprint density at radius 2 is 1.90 bits per heavy atom. The summed E-state index contributed by atoms with van der Waals surface area (Å²) in [7, 11) is 0. The Kier molecular flexibility index (Phi) is 5.69. The van der Waals surface area contributed by atoms with Crippen molar-refractivity contribution in [1.29, 1.82) is 0 Å². The number of ether oxygens (including phenoxy) is 3. The van der Waals surface area contributed by atoms with Crippen LogP contribution in [-0.4, -0.2) is 43.5 Å². The highest BCUT2D eigenvalue weighted by Crippen LogP contribution is 2.39. The van der Waals surface area contributed by atoms with E-state index in [9.17, 15) is 9.59 Å². The van der Waals surface area contributed by atoms with Gasteiger partial charge in [-0.3, -0.25) is 4.79 Å². The average molecular weight is 395 g/mol. The van der Waals surface area contributed by atoms with Crippen LogP contribution in [0.1, 0.15) is 41.7 Å². The van der Waals surface area contributed by atoms with Crippen molar-refractivity contribution < 1.29 is 23.8 Å². The third-order valence-corrected chi connectivity index (χ3v) is 5.46. The number of carbonyl (C=O) groups excluding carboxylic acids is 2. The number of aldehydes is 1. The van der Waals surface area contributed by atoms with Gasteiger partial charge in [-0.25, -0.2) is 0 Å². The van der Waals surface area contributed by atoms with Crippen molar-refractivity contribution in [3.63, 3.8) is 0 Å². The normalized spacial score (nSPS) is 20.8. The van der Waals surface area contributed by atoms with Gasteiger partial charge in [-0.15, -0.1) is 0 Å². The molecule has 2 atom stereocenters. The maximum atomic E-state index is 13.3. The van der Waals surface area contributed by atoms with Crippen LogP contribution >= 0.6 is 0 Å². The fraction of sp³-hybridized carbons (Fsp3) is 0.391. The van der Waals surface area contributed by atoms with Crippen molar-refractivity contribution in [2.24, 2.45) is 5.92 Å². The van der Waals surface area contributed by atoms with Crippen molar-refractivity contribution in [2.45, 2.75) is 25.8 Å². The molecule has 2 heterocycles. The van der Waals surface area contributed by atoms with Crippen LogP contribution in [0.25, 0.3) is 0 Å². The molecule has 0 bridgehead atoms. The summed E-state index contributed by atoms with van der Waals surface area (Å²) in [6, 6.07) is 12.8. The topological polar surface area (TPSA) is 65.1 Å². The van der Waals surface area contributed by atoms with E-state index in [0.717, 1.165) is 17.6 Å². The van der Waals surface area contributed by atoms with Crippen molar-refractivity contribution in [2.75, 3.05) is 26.4 Å². The first-order valence-corrected chi connectivity index (χ1v) is 10.1. The quantitative estimate of drug-likeness (QED) is 0.723. The largest absolute Gasteiger partial charge is 0.494 e. The molecule has 0 saturated carbocycles. The molecule has 0 N–H and O–H groups in total. The van der Waals surface area contributed by atoms with Crippen LogP contribution in [0.5, 0.6) is 17.2 Å². The number of hydrogen-bond donors (Lipinski definition) is 0. The minimum absolute atomic E-state index is 0.0442. The second kappa shape index (κ2) is 8.55. The number of hydrogen-bond acceptors (Lipinski definition) is 5. The van der Waals surface area contributed by atoms with Gasteiger partial charge < -0.3 is 23.9 Å². The van der Waals surface area contributed by atoms with Crippen LogP contribution in [-0.2, 0) is 4.79 Å². The molecule has 0 radical (unpaired) electrons. The van der Waals surface area contributed by atoms with Gasteiger partial charge in [0.2, 0.25) is 0 Å². The van der Waals surface area contributed by atoms with Gasteiger partial charge in [0, 0.05) is 18.0 Å². The van der Waals surface area contributed by atoms with E-state index >= 15 is 0 Å². The van der Waals surface area contributed by atoms with E-state index in [1.165, 1.54) is 0 Å². The minimum atomic E-state index is -0.186. The third-order valence-electron chi connectivity index (χ3n) is 5.46. The zero-order valence-electron chi connectivity index (χ0n) is 16.5. The Labute approximate surface area is 170 Å². The van der Waals surface area contributed by atoms with E-state index in [1.54, 1.807) is 12.1 Å². The zero-order chi connectivity index (χ0) is 20.2. The van der Waals surface area contributed by atoms with Crippen molar-refractivity contribution in [3.05, 3.63) is 53.6 Å². The molecular weight excluding hydrogens is 370 g/mol. The van der Waals surface area contributed by atoms with Gasteiger partial charge in [0.1, 0.15) is 25.2 Å². The first kappa shape index (κ1) is 19.3. The van der Waals surface area contributed by atoms with Crippen LogP contribution < -0.4 is 14.2 Å². The van der Waals surface area contributed by atoms with Gasteiger partial charge in [-0.2, -0.15) is 0 Å². The number of carbonyl (C=O) groups is 2. The molecule has 1 amide bonds. The lowest BCUT2D eigenvalue weighted by Gasteiger charge is -2.38. The average Bonchev–Trinajstić information content (AvgIpc) is 2.78. The van der Waals surface area contributed by atoms with Gasteiger partial charge >= 0.3 is 0 Å². The Bertz CT molecular complexity index is 879. The molecule has 2 aliphatic rings. The zero-order valence-corrected chi connectivity index (χ0v) is 16.5. The molecule has 2 aliphatic heterocycles. The van der Waals surface area contributed by atoms with E-state index in [0.29, 0.717) is 56.3 Å². The highest BCUT2D eigenvalue weighted by molar-refractivity contribution is 5.94. The van der Waals surface area contributed by atoms with E-state index in [4.69, 9.17) is 14.2 Å². The van der Waals surface area contributed by atoms with E-state index in [-0.39, 0.29) is 17.9 Å². The van der Waals surface area contributed by atoms with Crippen LogP contribution in [0.15, 0.2) is 42.5 Å². The summed E-state index contributed by atoms with van der Waals surface area (Å²) in [5, 5.41) is 0. The molecule has 6 nitrogen and oxygen atoms in total. The Balaban J connectivity index is 1.61. The standard InChI is InChI=1S/C23H25NO5/c1-2-27-19-6-3-17(4-7-19)23(26)24-10-9-16(15-25)13-20(24)18-5-8-21-22(14-18)29-12-11-28-21/h3-8,14-16,20H,2,9-13H2,1H3. The highest BCUT2D eigenvalue weighted by atomic mass is 16.6. The summed E-state index contributed by atoms with van der Waals surface area (Å²) >= 11 is 0.